The van der Waals surface area contributed by atoms with Gasteiger partial charge >= 0.3 is 0 Å². The minimum atomic E-state index is -0.574. The fraction of sp³-hybridized carbons (Fsp3) is 0.520. The molecule has 4 aromatic rings. The lowest BCUT2D eigenvalue weighted by Gasteiger charge is -2.37. The summed E-state index contributed by atoms with van der Waals surface area (Å²) in [7, 11) is 2.02. The van der Waals surface area contributed by atoms with Gasteiger partial charge < -0.3 is 24.6 Å². The van der Waals surface area contributed by atoms with Crippen LogP contribution in [-0.4, -0.2) is 79.2 Å². The Kier molecular flexibility index (Phi) is 5.66. The fourth-order valence-electron chi connectivity index (χ4n) is 5.10. The van der Waals surface area contributed by atoms with Crippen LogP contribution in [0.1, 0.15) is 31.4 Å². The molecule has 35 heavy (non-hydrogen) atoms. The SMILES string of the molecule is CCc1nc2ccccc2n1-c1nc(N2CCOCC2)c2nc(CCCC3(O)CNC3)n(C)c2n1. The van der Waals surface area contributed by atoms with Crippen molar-refractivity contribution in [2.24, 2.45) is 7.05 Å². The third kappa shape index (κ3) is 3.95. The molecule has 10 heteroatoms. The fourth-order valence-corrected chi connectivity index (χ4v) is 5.10. The molecular formula is C25H32N8O2. The van der Waals surface area contributed by atoms with Gasteiger partial charge in [-0.3, -0.25) is 4.57 Å². The minimum absolute atomic E-state index is 0.574. The lowest BCUT2D eigenvalue weighted by molar-refractivity contribution is -0.0186. The summed E-state index contributed by atoms with van der Waals surface area (Å²) in [6.45, 7) is 6.32. The van der Waals surface area contributed by atoms with Crippen molar-refractivity contribution in [3.63, 3.8) is 0 Å². The number of ether oxygens (including phenoxy) is 1. The summed E-state index contributed by atoms with van der Waals surface area (Å²) in [6.07, 6.45) is 3.19. The van der Waals surface area contributed by atoms with Gasteiger partial charge in [0.2, 0.25) is 5.95 Å². The van der Waals surface area contributed by atoms with Gasteiger partial charge in [0.1, 0.15) is 11.6 Å². The number of para-hydroxylation sites is 2. The van der Waals surface area contributed by atoms with Gasteiger partial charge in [0.25, 0.3) is 0 Å². The molecule has 1 aromatic carbocycles. The minimum Gasteiger partial charge on any atom is -0.387 e. The first kappa shape index (κ1) is 22.4. The summed E-state index contributed by atoms with van der Waals surface area (Å²) in [4.78, 5) is 22.2. The van der Waals surface area contributed by atoms with Crippen molar-refractivity contribution < 1.29 is 9.84 Å². The maximum atomic E-state index is 10.5. The molecule has 5 heterocycles. The number of β-amino-alcohol motifs (C(OH)–C–C–N with tert-alkyl or cyclic N) is 1. The highest BCUT2D eigenvalue weighted by Crippen LogP contribution is 2.29. The smallest absolute Gasteiger partial charge is 0.239 e. The van der Waals surface area contributed by atoms with E-state index in [-0.39, 0.29) is 0 Å². The number of hydrogen-bond donors (Lipinski definition) is 2. The Bertz CT molecular complexity index is 1370. The molecule has 10 nitrogen and oxygen atoms in total. The van der Waals surface area contributed by atoms with E-state index >= 15 is 0 Å². The molecule has 0 spiro atoms. The molecule has 0 saturated carbocycles. The number of imidazole rings is 2. The van der Waals surface area contributed by atoms with Gasteiger partial charge in [-0.2, -0.15) is 9.97 Å². The van der Waals surface area contributed by atoms with E-state index < -0.39 is 5.60 Å². The Morgan fingerprint density at radius 3 is 2.60 bits per heavy atom. The zero-order valence-electron chi connectivity index (χ0n) is 20.4. The van der Waals surface area contributed by atoms with E-state index in [1.165, 1.54) is 0 Å². The number of rotatable bonds is 7. The van der Waals surface area contributed by atoms with Crippen molar-refractivity contribution in [2.45, 2.75) is 38.2 Å². The molecule has 6 rings (SSSR count). The van der Waals surface area contributed by atoms with E-state index in [2.05, 4.69) is 32.3 Å². The number of aryl methyl sites for hydroxylation is 3. The van der Waals surface area contributed by atoms with Gasteiger partial charge in [0.05, 0.1) is 29.8 Å². The zero-order valence-corrected chi connectivity index (χ0v) is 20.4. The third-order valence-electron chi connectivity index (χ3n) is 7.19. The molecule has 2 aliphatic heterocycles. The van der Waals surface area contributed by atoms with Crippen molar-refractivity contribution in [1.82, 2.24) is 34.4 Å². The molecule has 2 aliphatic rings. The van der Waals surface area contributed by atoms with E-state index in [0.717, 1.165) is 78.4 Å². The molecule has 0 amide bonds. The second kappa shape index (κ2) is 8.85. The molecule has 2 saturated heterocycles. The number of hydrogen-bond acceptors (Lipinski definition) is 8. The first-order chi connectivity index (χ1) is 17.1. The number of aliphatic hydroxyl groups is 1. The van der Waals surface area contributed by atoms with Crippen LogP contribution < -0.4 is 10.2 Å². The summed E-state index contributed by atoms with van der Waals surface area (Å²) in [5.41, 5.74) is 3.00. The second-order valence-electron chi connectivity index (χ2n) is 9.59. The number of benzene rings is 1. The Morgan fingerprint density at radius 2 is 1.86 bits per heavy atom. The normalized spacial score (nSPS) is 17.9. The highest BCUT2D eigenvalue weighted by atomic mass is 16.5. The van der Waals surface area contributed by atoms with Crippen LogP contribution in [0.2, 0.25) is 0 Å². The Hall–Kier alpha value is -3.08. The average molecular weight is 477 g/mol. The Morgan fingerprint density at radius 1 is 1.06 bits per heavy atom. The van der Waals surface area contributed by atoms with Crippen molar-refractivity contribution >= 4 is 28.0 Å². The topological polar surface area (TPSA) is 106 Å². The van der Waals surface area contributed by atoms with Crippen LogP contribution in [-0.2, 0) is 24.6 Å². The van der Waals surface area contributed by atoms with Crippen LogP contribution in [0.25, 0.3) is 28.1 Å². The molecule has 2 N–H and O–H groups in total. The van der Waals surface area contributed by atoms with Gasteiger partial charge in [0, 0.05) is 46.1 Å². The van der Waals surface area contributed by atoms with Crippen molar-refractivity contribution in [2.75, 3.05) is 44.3 Å². The zero-order chi connectivity index (χ0) is 24.0. The van der Waals surface area contributed by atoms with E-state index in [1.807, 2.05) is 25.2 Å². The molecule has 0 atom stereocenters. The lowest BCUT2D eigenvalue weighted by Crippen LogP contribution is -2.59. The number of anilines is 1. The molecule has 0 unspecified atom stereocenters. The van der Waals surface area contributed by atoms with Gasteiger partial charge in [0.15, 0.2) is 17.0 Å². The van der Waals surface area contributed by atoms with Crippen molar-refractivity contribution in [1.29, 1.82) is 0 Å². The quantitative estimate of drug-likeness (QED) is 0.416. The van der Waals surface area contributed by atoms with Crippen LogP contribution in [0.4, 0.5) is 5.82 Å². The molecule has 184 valence electrons. The molecule has 0 radical (unpaired) electrons. The number of nitrogens with one attached hydrogen (secondary N) is 1. The monoisotopic (exact) mass is 476 g/mol. The average Bonchev–Trinajstić information content (AvgIpc) is 3.40. The summed E-state index contributed by atoms with van der Waals surface area (Å²) in [5, 5.41) is 13.6. The summed E-state index contributed by atoms with van der Waals surface area (Å²) in [6, 6.07) is 8.12. The van der Waals surface area contributed by atoms with Crippen molar-refractivity contribution in [3.05, 3.63) is 35.9 Å². The number of morpholine rings is 1. The summed E-state index contributed by atoms with van der Waals surface area (Å²) < 4.78 is 9.76. The third-order valence-corrected chi connectivity index (χ3v) is 7.19. The predicted molar refractivity (Wildman–Crippen MR) is 134 cm³/mol. The van der Waals surface area contributed by atoms with Crippen LogP contribution in [0.15, 0.2) is 24.3 Å². The van der Waals surface area contributed by atoms with Crippen LogP contribution >= 0.6 is 0 Å². The standard InChI is InChI=1S/C25H32N8O2/c1-3-19-27-17-7-4-5-8-18(17)33(19)24-29-22-21(23(30-24)32-11-13-35-14-12-32)28-20(31(22)2)9-6-10-25(34)15-26-16-25/h4-5,7-8,26,34H,3,6,9-16H2,1-2H3. The van der Waals surface area contributed by atoms with Gasteiger partial charge in [-0.15, -0.1) is 0 Å². The maximum absolute atomic E-state index is 10.5. The number of aromatic nitrogens is 6. The lowest BCUT2D eigenvalue weighted by atomic mass is 9.91. The highest BCUT2D eigenvalue weighted by molar-refractivity contribution is 5.86. The molecule has 0 aliphatic carbocycles. The molecular weight excluding hydrogens is 444 g/mol. The predicted octanol–water partition coefficient (Wildman–Crippen LogP) is 1.76. The largest absolute Gasteiger partial charge is 0.387 e. The molecule has 3 aromatic heterocycles. The second-order valence-corrected chi connectivity index (χ2v) is 9.59. The van der Waals surface area contributed by atoms with Crippen LogP contribution in [0.5, 0.6) is 0 Å². The summed E-state index contributed by atoms with van der Waals surface area (Å²) in [5.74, 6) is 3.36. The van der Waals surface area contributed by atoms with E-state index in [4.69, 9.17) is 24.7 Å². The van der Waals surface area contributed by atoms with E-state index in [0.29, 0.717) is 32.3 Å². The molecule has 0 bridgehead atoms. The number of nitrogens with zero attached hydrogens (tertiary/aromatic N) is 7. The Balaban J connectivity index is 1.46. The van der Waals surface area contributed by atoms with Gasteiger partial charge in [-0.05, 0) is 25.0 Å². The van der Waals surface area contributed by atoms with E-state index in [1.54, 1.807) is 0 Å². The maximum Gasteiger partial charge on any atom is 0.239 e. The van der Waals surface area contributed by atoms with E-state index in [9.17, 15) is 5.11 Å². The highest BCUT2D eigenvalue weighted by Gasteiger charge is 2.33. The Labute approximate surface area is 204 Å². The van der Waals surface area contributed by atoms with Crippen molar-refractivity contribution in [3.8, 4) is 5.95 Å². The van der Waals surface area contributed by atoms with Crippen LogP contribution in [0.3, 0.4) is 0 Å². The van der Waals surface area contributed by atoms with Gasteiger partial charge in [-0.25, -0.2) is 9.97 Å². The first-order valence-corrected chi connectivity index (χ1v) is 12.5. The molecule has 2 fully saturated rings. The number of fused-ring (bicyclic) bond motifs is 2. The van der Waals surface area contributed by atoms with Gasteiger partial charge in [-0.1, -0.05) is 19.1 Å². The summed E-state index contributed by atoms with van der Waals surface area (Å²) >= 11 is 0. The first-order valence-electron chi connectivity index (χ1n) is 12.5. The van der Waals surface area contributed by atoms with Crippen LogP contribution in [0, 0.1) is 0 Å².